The molecule has 2 aromatic rings. The van der Waals surface area contributed by atoms with Gasteiger partial charge in [0.25, 0.3) is 0 Å². The maximum atomic E-state index is 9.29. The van der Waals surface area contributed by atoms with Crippen LogP contribution >= 0.6 is 0 Å². The van der Waals surface area contributed by atoms with Crippen LogP contribution in [0.1, 0.15) is 38.2 Å². The van der Waals surface area contributed by atoms with Gasteiger partial charge in [0.2, 0.25) is 5.88 Å². The third-order valence-corrected chi connectivity index (χ3v) is 3.98. The highest BCUT2D eigenvalue weighted by Gasteiger charge is 2.22. The van der Waals surface area contributed by atoms with Crippen molar-refractivity contribution in [3.05, 3.63) is 35.9 Å². The minimum absolute atomic E-state index is 0.194. The zero-order chi connectivity index (χ0) is 13.9. The molecule has 0 bridgehead atoms. The van der Waals surface area contributed by atoms with Crippen LogP contribution in [0.4, 0.5) is 0 Å². The second-order valence-corrected chi connectivity index (χ2v) is 5.66. The van der Waals surface area contributed by atoms with E-state index >= 15 is 0 Å². The van der Waals surface area contributed by atoms with E-state index in [0.717, 1.165) is 23.7 Å². The van der Waals surface area contributed by atoms with Gasteiger partial charge in [0.1, 0.15) is 17.7 Å². The number of pyridine rings is 1. The smallest absolute Gasteiger partial charge is 0.232 e. The minimum atomic E-state index is 0.194. The maximum absolute atomic E-state index is 9.29. The van der Waals surface area contributed by atoms with E-state index in [1.165, 1.54) is 12.8 Å². The SMILES string of the molecule is CC1CCCC(Oc2nc3ccccc3cc2C#N)C1. The van der Waals surface area contributed by atoms with Crippen LogP contribution in [0.2, 0.25) is 0 Å². The lowest BCUT2D eigenvalue weighted by Crippen LogP contribution is -2.24. The molecule has 0 aliphatic heterocycles. The highest BCUT2D eigenvalue weighted by molar-refractivity contribution is 5.80. The summed E-state index contributed by atoms with van der Waals surface area (Å²) in [6.07, 6.45) is 4.78. The van der Waals surface area contributed by atoms with Crippen LogP contribution < -0.4 is 4.74 Å². The molecule has 0 N–H and O–H groups in total. The van der Waals surface area contributed by atoms with Gasteiger partial charge in [0.15, 0.2) is 0 Å². The lowest BCUT2D eigenvalue weighted by atomic mass is 9.89. The second kappa shape index (κ2) is 5.50. The largest absolute Gasteiger partial charge is 0.473 e. The lowest BCUT2D eigenvalue weighted by molar-refractivity contribution is 0.124. The quantitative estimate of drug-likeness (QED) is 0.823. The summed E-state index contributed by atoms with van der Waals surface area (Å²) in [5.74, 6) is 1.19. The van der Waals surface area contributed by atoms with Gasteiger partial charge in [-0.15, -0.1) is 0 Å². The first-order valence-electron chi connectivity index (χ1n) is 7.23. The van der Waals surface area contributed by atoms with Crippen LogP contribution in [0.5, 0.6) is 5.88 Å². The topological polar surface area (TPSA) is 45.9 Å². The summed E-state index contributed by atoms with van der Waals surface area (Å²) in [5, 5.41) is 10.3. The van der Waals surface area contributed by atoms with E-state index in [2.05, 4.69) is 18.0 Å². The van der Waals surface area contributed by atoms with E-state index in [4.69, 9.17) is 4.74 Å². The summed E-state index contributed by atoms with van der Waals surface area (Å²) in [7, 11) is 0. The average Bonchev–Trinajstić information content (AvgIpc) is 2.46. The van der Waals surface area contributed by atoms with Crippen LogP contribution in [0.15, 0.2) is 30.3 Å². The molecule has 1 aliphatic rings. The van der Waals surface area contributed by atoms with Crippen molar-refractivity contribution >= 4 is 10.9 Å². The summed E-state index contributed by atoms with van der Waals surface area (Å²) in [5.41, 5.74) is 1.41. The van der Waals surface area contributed by atoms with Gasteiger partial charge in [-0.2, -0.15) is 5.26 Å². The van der Waals surface area contributed by atoms with E-state index in [1.807, 2.05) is 30.3 Å². The van der Waals surface area contributed by atoms with Gasteiger partial charge < -0.3 is 4.74 Å². The van der Waals surface area contributed by atoms with Crippen molar-refractivity contribution in [2.75, 3.05) is 0 Å². The van der Waals surface area contributed by atoms with E-state index in [9.17, 15) is 5.26 Å². The number of para-hydroxylation sites is 1. The highest BCUT2D eigenvalue weighted by atomic mass is 16.5. The molecule has 2 atom stereocenters. The Labute approximate surface area is 119 Å². The Bertz CT molecular complexity index is 660. The first-order chi connectivity index (χ1) is 9.76. The Balaban J connectivity index is 1.91. The van der Waals surface area contributed by atoms with Crippen LogP contribution in [0, 0.1) is 17.2 Å². The Morgan fingerprint density at radius 1 is 1.30 bits per heavy atom. The van der Waals surface area contributed by atoms with Crippen LogP contribution in [-0.2, 0) is 0 Å². The Morgan fingerprint density at radius 3 is 2.95 bits per heavy atom. The fourth-order valence-corrected chi connectivity index (χ4v) is 2.91. The summed E-state index contributed by atoms with van der Waals surface area (Å²) < 4.78 is 6.02. The molecule has 1 aromatic heterocycles. The normalized spacial score (nSPS) is 22.4. The first kappa shape index (κ1) is 12.9. The van der Waals surface area contributed by atoms with Crippen molar-refractivity contribution in [3.63, 3.8) is 0 Å². The number of hydrogen-bond acceptors (Lipinski definition) is 3. The van der Waals surface area contributed by atoms with Crippen molar-refractivity contribution in [1.82, 2.24) is 4.98 Å². The van der Waals surface area contributed by atoms with Crippen molar-refractivity contribution in [2.24, 2.45) is 5.92 Å². The van der Waals surface area contributed by atoms with Gasteiger partial charge in [0.05, 0.1) is 5.52 Å². The van der Waals surface area contributed by atoms with Crippen molar-refractivity contribution < 1.29 is 4.74 Å². The van der Waals surface area contributed by atoms with E-state index in [-0.39, 0.29) is 6.10 Å². The monoisotopic (exact) mass is 266 g/mol. The summed E-state index contributed by atoms with van der Waals surface area (Å²) in [6.45, 7) is 2.26. The predicted molar refractivity (Wildman–Crippen MR) is 78.5 cm³/mol. The molecule has 1 saturated carbocycles. The molecule has 102 valence electrons. The maximum Gasteiger partial charge on any atom is 0.232 e. The van der Waals surface area contributed by atoms with Crippen molar-refractivity contribution in [3.8, 4) is 11.9 Å². The van der Waals surface area contributed by atoms with Crippen molar-refractivity contribution in [2.45, 2.75) is 38.7 Å². The highest BCUT2D eigenvalue weighted by Crippen LogP contribution is 2.29. The third kappa shape index (κ3) is 2.60. The number of aromatic nitrogens is 1. The summed E-state index contributed by atoms with van der Waals surface area (Å²) in [4.78, 5) is 4.52. The summed E-state index contributed by atoms with van der Waals surface area (Å²) >= 11 is 0. The Kier molecular flexibility index (Phi) is 3.56. The number of benzene rings is 1. The fraction of sp³-hybridized carbons (Fsp3) is 0.412. The zero-order valence-electron chi connectivity index (χ0n) is 11.7. The number of fused-ring (bicyclic) bond motifs is 1. The third-order valence-electron chi connectivity index (χ3n) is 3.98. The lowest BCUT2D eigenvalue weighted by Gasteiger charge is -2.27. The predicted octanol–water partition coefficient (Wildman–Crippen LogP) is 4.06. The van der Waals surface area contributed by atoms with E-state index in [1.54, 1.807) is 0 Å². The molecule has 1 aromatic carbocycles. The summed E-state index contributed by atoms with van der Waals surface area (Å²) in [6, 6.07) is 11.9. The van der Waals surface area contributed by atoms with E-state index in [0.29, 0.717) is 17.4 Å². The van der Waals surface area contributed by atoms with Gasteiger partial charge >= 0.3 is 0 Å². The van der Waals surface area contributed by atoms with Crippen LogP contribution in [-0.4, -0.2) is 11.1 Å². The molecule has 3 rings (SSSR count). The zero-order valence-corrected chi connectivity index (χ0v) is 11.7. The Morgan fingerprint density at radius 2 is 2.15 bits per heavy atom. The Hall–Kier alpha value is -2.08. The number of hydrogen-bond donors (Lipinski definition) is 0. The molecule has 0 radical (unpaired) electrons. The molecule has 1 aliphatic carbocycles. The number of rotatable bonds is 2. The first-order valence-corrected chi connectivity index (χ1v) is 7.23. The molecule has 0 spiro atoms. The molecule has 3 heteroatoms. The molecule has 0 saturated heterocycles. The van der Waals surface area contributed by atoms with Gasteiger partial charge in [-0.1, -0.05) is 31.5 Å². The number of nitriles is 1. The van der Waals surface area contributed by atoms with Gasteiger partial charge in [-0.05, 0) is 37.3 Å². The molecule has 0 amide bonds. The number of ether oxygens (including phenoxy) is 1. The molecule has 1 fully saturated rings. The average molecular weight is 266 g/mol. The van der Waals surface area contributed by atoms with Crippen molar-refractivity contribution in [1.29, 1.82) is 5.26 Å². The number of nitrogens with zero attached hydrogens (tertiary/aromatic N) is 2. The minimum Gasteiger partial charge on any atom is -0.473 e. The fourth-order valence-electron chi connectivity index (χ4n) is 2.91. The molecule has 2 unspecified atom stereocenters. The molecule has 3 nitrogen and oxygen atoms in total. The van der Waals surface area contributed by atoms with Gasteiger partial charge in [0, 0.05) is 5.39 Å². The van der Waals surface area contributed by atoms with E-state index < -0.39 is 0 Å². The van der Waals surface area contributed by atoms with Crippen LogP contribution in [0.3, 0.4) is 0 Å². The molecule has 1 heterocycles. The van der Waals surface area contributed by atoms with Crippen LogP contribution in [0.25, 0.3) is 10.9 Å². The van der Waals surface area contributed by atoms with Gasteiger partial charge in [-0.25, -0.2) is 4.98 Å². The second-order valence-electron chi connectivity index (χ2n) is 5.66. The molecule has 20 heavy (non-hydrogen) atoms. The van der Waals surface area contributed by atoms with Gasteiger partial charge in [-0.3, -0.25) is 0 Å². The standard InChI is InChI=1S/C17H18N2O/c1-12-5-4-7-15(9-12)20-17-14(11-18)10-13-6-2-3-8-16(13)19-17/h2-3,6,8,10,12,15H,4-5,7,9H2,1H3. The molecular weight excluding hydrogens is 248 g/mol. The molecular formula is C17H18N2O.